The molecule has 8 nitrogen and oxygen atoms in total. The van der Waals surface area contributed by atoms with Gasteiger partial charge in [0.2, 0.25) is 11.7 Å². The number of nitrogens with one attached hydrogen (secondary N) is 2. The van der Waals surface area contributed by atoms with Crippen LogP contribution < -0.4 is 15.8 Å². The van der Waals surface area contributed by atoms with Crippen molar-refractivity contribution in [2.45, 2.75) is 19.4 Å². The van der Waals surface area contributed by atoms with Crippen LogP contribution in [-0.4, -0.2) is 55.1 Å². The monoisotopic (exact) mass is 331 g/mol. The highest BCUT2D eigenvalue weighted by Gasteiger charge is 2.30. The number of carbonyl (C=O) groups excluding carboxylic acids is 3. The van der Waals surface area contributed by atoms with Crippen molar-refractivity contribution in [2.24, 2.45) is 4.99 Å². The first-order valence-corrected chi connectivity index (χ1v) is 7.62. The van der Waals surface area contributed by atoms with Gasteiger partial charge in [0.15, 0.2) is 0 Å². The highest BCUT2D eigenvalue weighted by Crippen LogP contribution is 2.15. The molecule has 1 aliphatic rings. The minimum absolute atomic E-state index is 0.0447. The van der Waals surface area contributed by atoms with E-state index in [-0.39, 0.29) is 30.6 Å². The Bertz CT molecular complexity index is 657. The van der Waals surface area contributed by atoms with Gasteiger partial charge in [-0.25, -0.2) is 10.0 Å². The van der Waals surface area contributed by atoms with Gasteiger partial charge in [-0.05, 0) is 19.1 Å². The molecular weight excluding hydrogens is 310 g/mol. The van der Waals surface area contributed by atoms with Gasteiger partial charge in [-0.2, -0.15) is 0 Å². The van der Waals surface area contributed by atoms with Crippen LogP contribution in [0, 0.1) is 0 Å². The molecule has 1 aromatic rings. The van der Waals surface area contributed by atoms with Crippen LogP contribution in [0.3, 0.4) is 0 Å². The first kappa shape index (κ1) is 17.5. The zero-order valence-corrected chi connectivity index (χ0v) is 13.9. The van der Waals surface area contributed by atoms with E-state index >= 15 is 0 Å². The van der Waals surface area contributed by atoms with Crippen LogP contribution in [-0.2, 0) is 14.4 Å². The summed E-state index contributed by atoms with van der Waals surface area (Å²) in [5.74, 6) is -0.742. The Kier molecular flexibility index (Phi) is 5.51. The predicted octanol–water partition coefficient (Wildman–Crippen LogP) is -0.0807. The van der Waals surface area contributed by atoms with Crippen molar-refractivity contribution in [3.8, 4) is 0 Å². The molecule has 0 saturated carbocycles. The Morgan fingerprint density at radius 3 is 2.58 bits per heavy atom. The van der Waals surface area contributed by atoms with E-state index in [1.165, 1.54) is 9.91 Å². The van der Waals surface area contributed by atoms with Crippen molar-refractivity contribution in [3.05, 3.63) is 30.3 Å². The highest BCUT2D eigenvalue weighted by molar-refractivity contribution is 6.39. The number of hydrogen-bond donors (Lipinski definition) is 2. The van der Waals surface area contributed by atoms with Crippen molar-refractivity contribution < 1.29 is 14.4 Å². The maximum atomic E-state index is 12.2. The van der Waals surface area contributed by atoms with E-state index in [1.807, 2.05) is 6.07 Å². The van der Waals surface area contributed by atoms with Gasteiger partial charge in [0.25, 0.3) is 11.8 Å². The lowest BCUT2D eigenvalue weighted by molar-refractivity contribution is -0.128. The van der Waals surface area contributed by atoms with E-state index < -0.39 is 11.9 Å². The van der Waals surface area contributed by atoms with Crippen molar-refractivity contribution in [3.63, 3.8) is 0 Å². The number of benzene rings is 1. The van der Waals surface area contributed by atoms with Crippen LogP contribution in [0.1, 0.15) is 13.3 Å². The second kappa shape index (κ2) is 7.58. The molecule has 1 aromatic carbocycles. The third-order valence-electron chi connectivity index (χ3n) is 3.47. The average Bonchev–Trinajstić information content (AvgIpc) is 2.57. The van der Waals surface area contributed by atoms with Crippen LogP contribution in [0.2, 0.25) is 0 Å². The van der Waals surface area contributed by atoms with Gasteiger partial charge in [-0.3, -0.25) is 19.8 Å². The molecule has 1 heterocycles. The fourth-order valence-electron chi connectivity index (χ4n) is 2.09. The molecule has 128 valence electrons. The summed E-state index contributed by atoms with van der Waals surface area (Å²) in [4.78, 5) is 41.5. The van der Waals surface area contributed by atoms with Gasteiger partial charge in [0, 0.05) is 27.1 Å². The number of para-hydroxylation sites is 1. The summed E-state index contributed by atoms with van der Waals surface area (Å²) < 4.78 is 0. The first-order valence-electron chi connectivity index (χ1n) is 7.62. The summed E-state index contributed by atoms with van der Waals surface area (Å²) in [6.45, 7) is 1.83. The van der Waals surface area contributed by atoms with E-state index in [4.69, 9.17) is 0 Å². The zero-order chi connectivity index (χ0) is 17.7. The number of anilines is 1. The van der Waals surface area contributed by atoms with Crippen LogP contribution >= 0.6 is 0 Å². The van der Waals surface area contributed by atoms with E-state index in [0.717, 1.165) is 0 Å². The molecule has 1 aliphatic heterocycles. The Morgan fingerprint density at radius 2 is 1.96 bits per heavy atom. The summed E-state index contributed by atoms with van der Waals surface area (Å²) in [6.07, 6.45) is 0.197. The zero-order valence-electron chi connectivity index (χ0n) is 13.9. The van der Waals surface area contributed by atoms with Crippen LogP contribution in [0.4, 0.5) is 5.69 Å². The average molecular weight is 331 g/mol. The second-order valence-corrected chi connectivity index (χ2v) is 5.57. The number of hydrogen-bond acceptors (Lipinski definition) is 5. The number of aliphatic imine (C=N–C) groups is 1. The molecule has 0 bridgehead atoms. The van der Waals surface area contributed by atoms with E-state index in [9.17, 15) is 14.4 Å². The predicted molar refractivity (Wildman–Crippen MR) is 90.3 cm³/mol. The van der Waals surface area contributed by atoms with Crippen LogP contribution in [0.25, 0.3) is 0 Å². The van der Waals surface area contributed by atoms with Gasteiger partial charge >= 0.3 is 0 Å². The van der Waals surface area contributed by atoms with Crippen LogP contribution in [0.15, 0.2) is 35.3 Å². The number of amides is 3. The summed E-state index contributed by atoms with van der Waals surface area (Å²) in [5, 5.41) is 3.93. The maximum absolute atomic E-state index is 12.2. The molecule has 0 saturated heterocycles. The lowest BCUT2D eigenvalue weighted by atomic mass is 10.2. The summed E-state index contributed by atoms with van der Waals surface area (Å²) in [6, 6.07) is 8.28. The molecule has 0 aromatic heterocycles. The number of rotatable bonds is 5. The van der Waals surface area contributed by atoms with Gasteiger partial charge in [-0.1, -0.05) is 18.2 Å². The molecule has 0 fully saturated rings. The summed E-state index contributed by atoms with van der Waals surface area (Å²) >= 11 is 0. The van der Waals surface area contributed by atoms with Crippen molar-refractivity contribution in [1.29, 1.82) is 0 Å². The van der Waals surface area contributed by atoms with E-state index in [1.54, 1.807) is 45.3 Å². The Balaban J connectivity index is 2.02. The molecule has 24 heavy (non-hydrogen) atoms. The molecule has 0 spiro atoms. The number of carbonyl (C=O) groups is 3. The first-order chi connectivity index (χ1) is 11.4. The largest absolute Gasteiger partial charge is 0.349 e. The SMILES string of the molecule is C[C@@H]1N=C(C(=O)NCCC(=O)N(C)C)NN(c2ccccc2)C1=O. The minimum atomic E-state index is -0.671. The van der Waals surface area contributed by atoms with Crippen molar-refractivity contribution in [1.82, 2.24) is 15.6 Å². The number of nitrogens with zero attached hydrogens (tertiary/aromatic N) is 3. The fourth-order valence-corrected chi connectivity index (χ4v) is 2.09. The van der Waals surface area contributed by atoms with E-state index in [0.29, 0.717) is 5.69 Å². The van der Waals surface area contributed by atoms with Gasteiger partial charge in [0.05, 0.1) is 5.69 Å². The molecule has 2 rings (SSSR count). The Labute approximate surface area is 140 Å². The molecule has 0 radical (unpaired) electrons. The number of amidine groups is 1. The summed E-state index contributed by atoms with van der Waals surface area (Å²) in [7, 11) is 3.31. The Hall–Kier alpha value is -2.90. The number of hydrazine groups is 1. The third-order valence-corrected chi connectivity index (χ3v) is 3.47. The molecule has 0 aliphatic carbocycles. The lowest BCUT2D eigenvalue weighted by Crippen LogP contribution is -2.58. The van der Waals surface area contributed by atoms with Gasteiger partial charge in [0.1, 0.15) is 6.04 Å². The molecule has 1 atom stereocenters. The summed E-state index contributed by atoms with van der Waals surface area (Å²) in [5.41, 5.74) is 3.36. The van der Waals surface area contributed by atoms with Crippen molar-refractivity contribution >= 4 is 29.2 Å². The second-order valence-electron chi connectivity index (χ2n) is 5.57. The molecule has 2 N–H and O–H groups in total. The minimum Gasteiger partial charge on any atom is -0.349 e. The molecule has 0 unspecified atom stereocenters. The quantitative estimate of drug-likeness (QED) is 0.789. The lowest BCUT2D eigenvalue weighted by Gasteiger charge is -2.30. The normalized spacial score (nSPS) is 17.0. The highest BCUT2D eigenvalue weighted by atomic mass is 16.2. The maximum Gasteiger partial charge on any atom is 0.288 e. The fraction of sp³-hybridized carbons (Fsp3) is 0.375. The van der Waals surface area contributed by atoms with E-state index in [2.05, 4.69) is 15.7 Å². The Morgan fingerprint density at radius 1 is 1.29 bits per heavy atom. The smallest absolute Gasteiger partial charge is 0.288 e. The molecular formula is C16H21N5O3. The van der Waals surface area contributed by atoms with Crippen molar-refractivity contribution in [2.75, 3.05) is 25.6 Å². The molecule has 8 heteroatoms. The topological polar surface area (TPSA) is 94.1 Å². The standard InChI is InChI=1S/C16H21N5O3/c1-11-16(24)21(12-7-5-4-6-8-12)19-14(18-11)15(23)17-10-9-13(22)20(2)3/h4-8,11H,9-10H2,1-3H3,(H,17,23)(H,18,19)/t11-/m0/s1. The molecule has 3 amide bonds. The van der Waals surface area contributed by atoms with Gasteiger partial charge in [-0.15, -0.1) is 0 Å². The third kappa shape index (κ3) is 4.09. The van der Waals surface area contributed by atoms with Crippen LogP contribution in [0.5, 0.6) is 0 Å². The van der Waals surface area contributed by atoms with Gasteiger partial charge < -0.3 is 10.2 Å².